The van der Waals surface area contributed by atoms with Crippen LogP contribution in [-0.2, 0) is 10.0 Å². The summed E-state index contributed by atoms with van der Waals surface area (Å²) in [5.41, 5.74) is 1.74. The first-order chi connectivity index (χ1) is 8.98. The highest BCUT2D eigenvalue weighted by Gasteiger charge is 2.24. The van der Waals surface area contributed by atoms with Crippen molar-refractivity contribution in [2.45, 2.75) is 32.3 Å². The topological polar surface area (TPSA) is 66.4 Å². The Bertz CT molecular complexity index is 523. The summed E-state index contributed by atoms with van der Waals surface area (Å²) in [5, 5.41) is 10.0. The van der Waals surface area contributed by atoms with Gasteiger partial charge in [0.15, 0.2) is 0 Å². The zero-order valence-corrected chi connectivity index (χ0v) is 12.0. The summed E-state index contributed by atoms with van der Waals surface area (Å²) in [6.07, 6.45) is 2.25. The zero-order valence-electron chi connectivity index (χ0n) is 11.2. The van der Waals surface area contributed by atoms with Crippen LogP contribution in [0.1, 0.15) is 36.5 Å². The lowest BCUT2D eigenvalue weighted by molar-refractivity contribution is 0.181. The molecule has 19 heavy (non-hydrogen) atoms. The Hall–Kier alpha value is -0.910. The Morgan fingerprint density at radius 3 is 2.68 bits per heavy atom. The van der Waals surface area contributed by atoms with Crippen LogP contribution in [0.25, 0.3) is 0 Å². The molecule has 5 heteroatoms. The molecule has 1 unspecified atom stereocenters. The van der Waals surface area contributed by atoms with Crippen molar-refractivity contribution in [1.82, 2.24) is 4.72 Å². The number of aliphatic hydroxyl groups excluding tert-OH is 1. The Kier molecular flexibility index (Phi) is 4.60. The molecule has 106 valence electrons. The Labute approximate surface area is 114 Å². The fourth-order valence-corrected chi connectivity index (χ4v) is 3.28. The summed E-state index contributed by atoms with van der Waals surface area (Å²) in [6, 6.07) is 7.46. The number of nitrogens with one attached hydrogen (secondary N) is 1. The lowest BCUT2D eigenvalue weighted by Crippen LogP contribution is -2.30. The fraction of sp³-hybridized carbons (Fsp3) is 0.571. The lowest BCUT2D eigenvalue weighted by Gasteiger charge is -2.14. The largest absolute Gasteiger partial charge is 0.387 e. The molecule has 2 N–H and O–H groups in total. The van der Waals surface area contributed by atoms with Crippen LogP contribution in [-0.4, -0.2) is 25.8 Å². The van der Waals surface area contributed by atoms with E-state index in [2.05, 4.69) is 4.72 Å². The van der Waals surface area contributed by atoms with Crippen molar-refractivity contribution in [1.29, 1.82) is 0 Å². The minimum atomic E-state index is -3.26. The first kappa shape index (κ1) is 14.5. The summed E-state index contributed by atoms with van der Waals surface area (Å²) < 4.78 is 26.0. The van der Waals surface area contributed by atoms with E-state index in [0.717, 1.165) is 30.4 Å². The third kappa shape index (κ3) is 4.60. The van der Waals surface area contributed by atoms with E-state index in [1.807, 2.05) is 31.2 Å². The van der Waals surface area contributed by atoms with Crippen LogP contribution >= 0.6 is 0 Å². The maximum Gasteiger partial charge on any atom is 0.211 e. The number of hydrogen-bond donors (Lipinski definition) is 2. The Balaban J connectivity index is 1.85. The van der Waals surface area contributed by atoms with Gasteiger partial charge in [-0.25, -0.2) is 13.1 Å². The highest BCUT2D eigenvalue weighted by atomic mass is 32.2. The number of benzene rings is 1. The summed E-state index contributed by atoms with van der Waals surface area (Å²) in [7, 11) is -3.26. The molecule has 0 saturated heterocycles. The third-order valence-corrected chi connectivity index (χ3v) is 4.92. The summed E-state index contributed by atoms with van der Waals surface area (Å²) in [6.45, 7) is 1.94. The van der Waals surface area contributed by atoms with Gasteiger partial charge in [-0.05, 0) is 30.4 Å². The van der Waals surface area contributed by atoms with Gasteiger partial charge in [0.05, 0.1) is 11.9 Å². The first-order valence-electron chi connectivity index (χ1n) is 6.69. The summed E-state index contributed by atoms with van der Waals surface area (Å²) >= 11 is 0. The maximum absolute atomic E-state index is 11.8. The first-order valence-corrected chi connectivity index (χ1v) is 8.34. The molecule has 0 spiro atoms. The Morgan fingerprint density at radius 2 is 2.05 bits per heavy atom. The second-order valence-electron chi connectivity index (χ2n) is 5.27. The van der Waals surface area contributed by atoms with E-state index in [-0.39, 0.29) is 12.3 Å². The normalized spacial score (nSPS) is 17.4. The number of rotatable bonds is 7. The van der Waals surface area contributed by atoms with E-state index in [1.54, 1.807) is 0 Å². The average molecular weight is 283 g/mol. The molecule has 0 amide bonds. The molecule has 0 bridgehead atoms. The molecular weight excluding hydrogens is 262 g/mol. The van der Waals surface area contributed by atoms with E-state index in [0.29, 0.717) is 5.92 Å². The maximum atomic E-state index is 11.8. The molecule has 1 fully saturated rings. The minimum Gasteiger partial charge on any atom is -0.387 e. The van der Waals surface area contributed by atoms with E-state index >= 15 is 0 Å². The van der Waals surface area contributed by atoms with Crippen LogP contribution < -0.4 is 4.72 Å². The van der Waals surface area contributed by atoms with Gasteiger partial charge in [-0.1, -0.05) is 37.1 Å². The summed E-state index contributed by atoms with van der Waals surface area (Å²) in [4.78, 5) is 0. The molecule has 0 aromatic heterocycles. The molecule has 1 atom stereocenters. The highest BCUT2D eigenvalue weighted by Crippen LogP contribution is 2.32. The molecule has 0 heterocycles. The lowest BCUT2D eigenvalue weighted by atomic mass is 10.0. The van der Waals surface area contributed by atoms with Gasteiger partial charge >= 0.3 is 0 Å². The van der Waals surface area contributed by atoms with Crippen molar-refractivity contribution >= 4 is 10.0 Å². The number of hydrogen-bond acceptors (Lipinski definition) is 3. The van der Waals surface area contributed by atoms with Crippen molar-refractivity contribution < 1.29 is 13.5 Å². The molecule has 1 aliphatic carbocycles. The van der Waals surface area contributed by atoms with Gasteiger partial charge in [-0.2, -0.15) is 0 Å². The third-order valence-electron chi connectivity index (χ3n) is 3.54. The minimum absolute atomic E-state index is 0.0395. The van der Waals surface area contributed by atoms with Crippen molar-refractivity contribution in [2.75, 3.05) is 12.3 Å². The van der Waals surface area contributed by atoms with Crippen LogP contribution in [0.5, 0.6) is 0 Å². The van der Waals surface area contributed by atoms with Crippen LogP contribution in [0.2, 0.25) is 0 Å². The van der Waals surface area contributed by atoms with Gasteiger partial charge in [0.25, 0.3) is 0 Å². The predicted molar refractivity (Wildman–Crippen MR) is 75.3 cm³/mol. The Morgan fingerprint density at radius 1 is 1.37 bits per heavy atom. The van der Waals surface area contributed by atoms with Crippen molar-refractivity contribution in [3.63, 3.8) is 0 Å². The monoisotopic (exact) mass is 283 g/mol. The predicted octanol–water partition coefficient (Wildman–Crippen LogP) is 1.75. The molecule has 1 saturated carbocycles. The van der Waals surface area contributed by atoms with Crippen molar-refractivity contribution in [3.8, 4) is 0 Å². The van der Waals surface area contributed by atoms with Crippen LogP contribution in [0.4, 0.5) is 0 Å². The molecule has 2 rings (SSSR count). The fourth-order valence-electron chi connectivity index (χ4n) is 2.08. The van der Waals surface area contributed by atoms with Gasteiger partial charge in [0.2, 0.25) is 10.0 Å². The van der Waals surface area contributed by atoms with Crippen LogP contribution in [0.15, 0.2) is 24.3 Å². The van der Waals surface area contributed by atoms with Crippen molar-refractivity contribution in [2.24, 2.45) is 5.92 Å². The van der Waals surface area contributed by atoms with E-state index in [9.17, 15) is 13.5 Å². The van der Waals surface area contributed by atoms with Crippen LogP contribution in [0, 0.1) is 12.8 Å². The molecule has 0 aliphatic heterocycles. The molecule has 1 aromatic carbocycles. The average Bonchev–Trinajstić information content (AvgIpc) is 3.18. The van der Waals surface area contributed by atoms with E-state index in [1.165, 1.54) is 0 Å². The smallest absolute Gasteiger partial charge is 0.211 e. The van der Waals surface area contributed by atoms with Gasteiger partial charge in [-0.15, -0.1) is 0 Å². The number of aliphatic hydroxyl groups is 1. The molecule has 0 radical (unpaired) electrons. The molecule has 1 aromatic rings. The second kappa shape index (κ2) is 6.03. The quantitative estimate of drug-likeness (QED) is 0.801. The van der Waals surface area contributed by atoms with Gasteiger partial charge in [0, 0.05) is 6.54 Å². The number of aryl methyl sites for hydroxylation is 1. The molecule has 4 nitrogen and oxygen atoms in total. The SMILES string of the molecule is Cc1ccccc1C(O)CNS(=O)(=O)CCC1CC1. The van der Waals surface area contributed by atoms with Gasteiger partial charge < -0.3 is 5.11 Å². The van der Waals surface area contributed by atoms with Gasteiger partial charge in [-0.3, -0.25) is 0 Å². The van der Waals surface area contributed by atoms with Crippen LogP contribution in [0.3, 0.4) is 0 Å². The van der Waals surface area contributed by atoms with E-state index in [4.69, 9.17) is 0 Å². The standard InChI is InChI=1S/C14H21NO3S/c1-11-4-2-3-5-13(11)14(16)10-15-19(17,18)9-8-12-6-7-12/h2-5,12,14-16H,6-10H2,1H3. The summed E-state index contributed by atoms with van der Waals surface area (Å²) in [5.74, 6) is 0.760. The van der Waals surface area contributed by atoms with Gasteiger partial charge in [0.1, 0.15) is 0 Å². The van der Waals surface area contributed by atoms with Crippen molar-refractivity contribution in [3.05, 3.63) is 35.4 Å². The highest BCUT2D eigenvalue weighted by molar-refractivity contribution is 7.89. The zero-order chi connectivity index (χ0) is 13.9. The molecular formula is C14H21NO3S. The number of sulfonamides is 1. The molecule has 1 aliphatic rings. The van der Waals surface area contributed by atoms with E-state index < -0.39 is 16.1 Å². The second-order valence-corrected chi connectivity index (χ2v) is 7.20.